The average molecular weight is 487 g/mol. The molecule has 0 aliphatic rings. The number of benzene rings is 3. The highest BCUT2D eigenvalue weighted by atomic mass is 16.5. The summed E-state index contributed by atoms with van der Waals surface area (Å²) in [6.07, 6.45) is 2.98. The second-order valence-electron chi connectivity index (χ2n) is 9.52. The molecule has 6 heteroatoms. The number of nitrogens with zero attached hydrogens (tertiary/aromatic N) is 2. The molecule has 3 rings (SSSR count). The van der Waals surface area contributed by atoms with Gasteiger partial charge in [0.05, 0.1) is 25.7 Å². The first-order chi connectivity index (χ1) is 17.1. The quantitative estimate of drug-likeness (QED) is 0.334. The van der Waals surface area contributed by atoms with Crippen LogP contribution in [0.25, 0.3) is 17.2 Å². The number of hydrogen-bond donors (Lipinski definition) is 1. The fourth-order valence-electron chi connectivity index (χ4n) is 3.68. The van der Waals surface area contributed by atoms with Crippen LogP contribution in [-0.4, -0.2) is 44.8 Å². The number of methoxy groups -OCH3 is 1. The van der Waals surface area contributed by atoms with Crippen LogP contribution in [0.1, 0.15) is 25.0 Å². The lowest BCUT2D eigenvalue weighted by molar-refractivity contribution is -0.134. The van der Waals surface area contributed by atoms with E-state index in [1.807, 2.05) is 50.5 Å². The van der Waals surface area contributed by atoms with Crippen LogP contribution in [0.2, 0.25) is 0 Å². The first kappa shape index (κ1) is 26.7. The Morgan fingerprint density at radius 3 is 2.08 bits per heavy atom. The molecule has 0 aromatic heterocycles. The Morgan fingerprint density at radius 1 is 0.917 bits per heavy atom. The lowest BCUT2D eigenvalue weighted by atomic mass is 9.92. The molecular formula is C30H34N2O4. The van der Waals surface area contributed by atoms with E-state index in [2.05, 4.69) is 46.0 Å². The molecule has 0 atom stereocenters. The van der Waals surface area contributed by atoms with Gasteiger partial charge in [-0.15, -0.1) is 0 Å². The fourth-order valence-corrected chi connectivity index (χ4v) is 3.68. The predicted molar refractivity (Wildman–Crippen MR) is 146 cm³/mol. The van der Waals surface area contributed by atoms with Gasteiger partial charge in [0.15, 0.2) is 0 Å². The third-order valence-corrected chi connectivity index (χ3v) is 6.03. The molecule has 0 unspecified atom stereocenters. The molecule has 0 bridgehead atoms. The Labute approximate surface area is 213 Å². The number of amides is 1. The Hall–Kier alpha value is -3.90. The first-order valence-electron chi connectivity index (χ1n) is 11.8. The maximum Gasteiger partial charge on any atom is 0.330 e. The summed E-state index contributed by atoms with van der Waals surface area (Å²) in [6, 6.07) is 23.9. The highest BCUT2D eigenvalue weighted by Crippen LogP contribution is 2.28. The summed E-state index contributed by atoms with van der Waals surface area (Å²) in [6.45, 7) is 3.52. The molecule has 1 amide bonds. The number of aliphatic hydroxyl groups excluding tert-OH is 1. The van der Waals surface area contributed by atoms with E-state index in [-0.39, 0.29) is 12.5 Å². The van der Waals surface area contributed by atoms with E-state index in [4.69, 9.17) is 0 Å². The maximum atomic E-state index is 13.5. The van der Waals surface area contributed by atoms with E-state index in [1.54, 1.807) is 24.8 Å². The molecule has 6 nitrogen and oxygen atoms in total. The number of aliphatic hydroxyl groups is 1. The van der Waals surface area contributed by atoms with Crippen molar-refractivity contribution in [3.8, 4) is 11.1 Å². The maximum absolute atomic E-state index is 13.5. The molecule has 36 heavy (non-hydrogen) atoms. The molecule has 0 saturated carbocycles. The zero-order valence-electron chi connectivity index (χ0n) is 21.6. The molecule has 0 aliphatic heterocycles. The summed E-state index contributed by atoms with van der Waals surface area (Å²) in [4.78, 5) is 28.7. The van der Waals surface area contributed by atoms with Gasteiger partial charge in [-0.2, -0.15) is 0 Å². The molecule has 0 aliphatic carbocycles. The highest BCUT2D eigenvalue weighted by molar-refractivity contribution is 5.97. The first-order valence-corrected chi connectivity index (χ1v) is 11.8. The smallest absolute Gasteiger partial charge is 0.330 e. The molecule has 3 aromatic rings. The summed E-state index contributed by atoms with van der Waals surface area (Å²) < 4.78 is 4.66. The van der Waals surface area contributed by atoms with Crippen LogP contribution < -0.4 is 9.80 Å². The normalized spacial score (nSPS) is 11.4. The number of ether oxygens (including phenoxy) is 1. The monoisotopic (exact) mass is 486 g/mol. The Bertz CT molecular complexity index is 1210. The van der Waals surface area contributed by atoms with E-state index in [0.717, 1.165) is 27.9 Å². The van der Waals surface area contributed by atoms with Crippen LogP contribution in [0.5, 0.6) is 0 Å². The summed E-state index contributed by atoms with van der Waals surface area (Å²) >= 11 is 0. The van der Waals surface area contributed by atoms with Crippen molar-refractivity contribution in [1.82, 2.24) is 0 Å². The number of rotatable bonds is 9. The van der Waals surface area contributed by atoms with Crippen molar-refractivity contribution < 1.29 is 19.4 Å². The predicted octanol–water partition coefficient (Wildman–Crippen LogP) is 5.16. The van der Waals surface area contributed by atoms with Crippen LogP contribution in [-0.2, 0) is 20.9 Å². The third kappa shape index (κ3) is 6.61. The number of esters is 1. The lowest BCUT2D eigenvalue weighted by Crippen LogP contribution is -2.42. The van der Waals surface area contributed by atoms with Crippen molar-refractivity contribution in [3.63, 3.8) is 0 Å². The van der Waals surface area contributed by atoms with Gasteiger partial charge in [-0.25, -0.2) is 4.79 Å². The van der Waals surface area contributed by atoms with Crippen molar-refractivity contribution >= 4 is 29.3 Å². The van der Waals surface area contributed by atoms with E-state index >= 15 is 0 Å². The van der Waals surface area contributed by atoms with Gasteiger partial charge in [-0.05, 0) is 66.4 Å². The molecule has 0 fully saturated rings. The van der Waals surface area contributed by atoms with Crippen molar-refractivity contribution in [2.24, 2.45) is 5.41 Å². The summed E-state index contributed by atoms with van der Waals surface area (Å²) in [7, 11) is 5.35. The molecule has 1 N–H and O–H groups in total. The molecule has 0 radical (unpaired) electrons. The topological polar surface area (TPSA) is 70.1 Å². The van der Waals surface area contributed by atoms with E-state index in [9.17, 15) is 14.7 Å². The Balaban J connectivity index is 1.89. The third-order valence-electron chi connectivity index (χ3n) is 6.03. The minimum atomic E-state index is -0.952. The molecule has 0 saturated heterocycles. The molecule has 188 valence electrons. The Kier molecular flexibility index (Phi) is 8.67. The molecule has 0 heterocycles. The van der Waals surface area contributed by atoms with Crippen molar-refractivity contribution in [2.45, 2.75) is 20.4 Å². The van der Waals surface area contributed by atoms with Crippen LogP contribution in [0, 0.1) is 5.41 Å². The van der Waals surface area contributed by atoms with Crippen molar-refractivity contribution in [1.29, 1.82) is 0 Å². The highest BCUT2D eigenvalue weighted by Gasteiger charge is 2.32. The number of carbonyl (C=O) groups is 2. The van der Waals surface area contributed by atoms with Gasteiger partial charge >= 0.3 is 5.97 Å². The van der Waals surface area contributed by atoms with Gasteiger partial charge < -0.3 is 19.6 Å². The SMILES string of the molecule is COC(=O)/C=C/c1cccc(N(Cc2ccc(-c3ccc(N(C)C)cc3)cc2)C(=O)C(C)(C)CO)c1. The molecule has 3 aromatic carbocycles. The zero-order valence-corrected chi connectivity index (χ0v) is 21.6. The van der Waals surface area contributed by atoms with E-state index < -0.39 is 11.4 Å². The lowest BCUT2D eigenvalue weighted by Gasteiger charge is -2.31. The second-order valence-corrected chi connectivity index (χ2v) is 9.52. The minimum absolute atomic E-state index is 0.192. The van der Waals surface area contributed by atoms with Gasteiger partial charge in [-0.3, -0.25) is 4.79 Å². The number of anilines is 2. The summed E-state index contributed by atoms with van der Waals surface area (Å²) in [5, 5.41) is 9.86. The Morgan fingerprint density at radius 2 is 1.53 bits per heavy atom. The number of carbonyl (C=O) groups excluding carboxylic acids is 2. The van der Waals surface area contributed by atoms with Gasteiger partial charge in [-0.1, -0.05) is 48.5 Å². The second kappa shape index (κ2) is 11.7. The van der Waals surface area contributed by atoms with Gasteiger partial charge in [0.2, 0.25) is 5.91 Å². The molecule has 0 spiro atoms. The number of hydrogen-bond acceptors (Lipinski definition) is 5. The standard InChI is InChI=1S/C30H34N2O4/c1-30(2,21-33)29(35)32(27-8-6-7-22(19-27)11-18-28(34)36-5)20-23-9-12-24(13-10-23)25-14-16-26(17-15-25)31(3)4/h6-19,33H,20-21H2,1-5H3/b18-11+. The van der Waals surface area contributed by atoms with Crippen LogP contribution in [0.3, 0.4) is 0 Å². The van der Waals surface area contributed by atoms with E-state index in [0.29, 0.717) is 12.2 Å². The van der Waals surface area contributed by atoms with Crippen LogP contribution in [0.15, 0.2) is 78.9 Å². The average Bonchev–Trinajstić information content (AvgIpc) is 2.90. The largest absolute Gasteiger partial charge is 0.466 e. The van der Waals surface area contributed by atoms with Gasteiger partial charge in [0.25, 0.3) is 0 Å². The van der Waals surface area contributed by atoms with Crippen molar-refractivity contribution in [3.05, 3.63) is 90.0 Å². The van der Waals surface area contributed by atoms with Gasteiger partial charge in [0, 0.05) is 31.5 Å². The summed E-state index contributed by atoms with van der Waals surface area (Å²) in [5.41, 5.74) is 4.79. The van der Waals surface area contributed by atoms with Gasteiger partial charge in [0.1, 0.15) is 0 Å². The van der Waals surface area contributed by atoms with Crippen molar-refractivity contribution in [2.75, 3.05) is 37.6 Å². The van der Waals surface area contributed by atoms with Crippen LogP contribution >= 0.6 is 0 Å². The summed E-state index contributed by atoms with van der Waals surface area (Å²) in [5.74, 6) is -0.645. The zero-order chi connectivity index (χ0) is 26.3. The van der Waals surface area contributed by atoms with E-state index in [1.165, 1.54) is 13.2 Å². The fraction of sp³-hybridized carbons (Fsp3) is 0.267. The van der Waals surface area contributed by atoms with Crippen LogP contribution in [0.4, 0.5) is 11.4 Å². The molecular weight excluding hydrogens is 452 g/mol. The minimum Gasteiger partial charge on any atom is -0.466 e.